The number of benzene rings is 1. The Kier molecular flexibility index (Phi) is 4.89. The Hall–Kier alpha value is -2.28. The lowest BCUT2D eigenvalue weighted by molar-refractivity contribution is -0.138. The van der Waals surface area contributed by atoms with Gasteiger partial charge in [-0.1, -0.05) is 18.2 Å². The van der Waals surface area contributed by atoms with Gasteiger partial charge >= 0.3 is 0 Å². The number of amides is 1. The van der Waals surface area contributed by atoms with Crippen molar-refractivity contribution < 1.29 is 14.3 Å². The molecule has 0 bridgehead atoms. The Morgan fingerprint density at radius 3 is 2.83 bits per heavy atom. The van der Waals surface area contributed by atoms with Crippen LogP contribution in [0.4, 0.5) is 0 Å². The molecule has 0 aromatic heterocycles. The van der Waals surface area contributed by atoms with E-state index in [4.69, 9.17) is 21.7 Å². The van der Waals surface area contributed by atoms with E-state index in [-0.39, 0.29) is 12.7 Å². The predicted molar refractivity (Wildman–Crippen MR) is 94.7 cm³/mol. The van der Waals surface area contributed by atoms with Gasteiger partial charge < -0.3 is 14.8 Å². The zero-order valence-electron chi connectivity index (χ0n) is 13.7. The van der Waals surface area contributed by atoms with Crippen molar-refractivity contribution in [3.8, 4) is 11.5 Å². The van der Waals surface area contributed by atoms with Gasteiger partial charge in [0.1, 0.15) is 0 Å². The van der Waals surface area contributed by atoms with E-state index in [1.54, 1.807) is 5.01 Å². The first kappa shape index (κ1) is 16.6. The van der Waals surface area contributed by atoms with Crippen LogP contribution in [0.3, 0.4) is 0 Å². The average molecular weight is 347 g/mol. The monoisotopic (exact) mass is 347 g/mol. The Labute approximate surface area is 147 Å². The number of carbonyl (C=O) groups excluding carboxylic acids is 1. The highest BCUT2D eigenvalue weighted by molar-refractivity contribution is 7.80. The van der Waals surface area contributed by atoms with E-state index < -0.39 is 0 Å². The van der Waals surface area contributed by atoms with Crippen molar-refractivity contribution in [2.45, 2.75) is 19.8 Å². The second-order valence-electron chi connectivity index (χ2n) is 5.97. The number of fused-ring (bicyclic) bond motifs is 1. The summed E-state index contributed by atoms with van der Waals surface area (Å²) < 4.78 is 10.7. The van der Waals surface area contributed by atoms with Crippen molar-refractivity contribution in [3.05, 3.63) is 35.9 Å². The summed E-state index contributed by atoms with van der Waals surface area (Å²) in [4.78, 5) is 12.7. The highest BCUT2D eigenvalue weighted by Gasteiger charge is 2.28. The molecule has 0 aliphatic carbocycles. The molecule has 1 amide bonds. The van der Waals surface area contributed by atoms with E-state index in [1.165, 1.54) is 0 Å². The van der Waals surface area contributed by atoms with Crippen LogP contribution in [0.1, 0.15) is 18.9 Å². The molecule has 1 aromatic carbocycles. The molecule has 1 fully saturated rings. The molecule has 1 saturated heterocycles. The summed E-state index contributed by atoms with van der Waals surface area (Å²) in [5, 5.41) is 7.26. The zero-order valence-corrected chi connectivity index (χ0v) is 14.5. The van der Waals surface area contributed by atoms with Crippen LogP contribution < -0.4 is 14.8 Å². The first-order valence-corrected chi connectivity index (χ1v) is 8.34. The molecule has 0 saturated carbocycles. The number of thiocarbonyl (C=S) groups is 1. The van der Waals surface area contributed by atoms with Crippen LogP contribution >= 0.6 is 12.2 Å². The second kappa shape index (κ2) is 7.09. The minimum Gasteiger partial charge on any atom is -0.454 e. The van der Waals surface area contributed by atoms with Crippen molar-refractivity contribution in [2.24, 2.45) is 0 Å². The minimum absolute atomic E-state index is 0.0193. The lowest BCUT2D eigenvalue weighted by atomic mass is 10.1. The maximum atomic E-state index is 12.7. The predicted octanol–water partition coefficient (Wildman–Crippen LogP) is 1.86. The Balaban J connectivity index is 1.63. The van der Waals surface area contributed by atoms with E-state index in [1.807, 2.05) is 30.1 Å². The molecule has 3 rings (SSSR count). The quantitative estimate of drug-likeness (QED) is 0.663. The van der Waals surface area contributed by atoms with Crippen LogP contribution in [-0.2, 0) is 11.2 Å². The molecular formula is C17H21N3O3S. The molecule has 0 unspecified atom stereocenters. The van der Waals surface area contributed by atoms with Gasteiger partial charge in [-0.15, -0.1) is 0 Å². The molecule has 6 nitrogen and oxygen atoms in total. The molecule has 2 aliphatic rings. The van der Waals surface area contributed by atoms with E-state index in [0.29, 0.717) is 30.4 Å². The van der Waals surface area contributed by atoms with Gasteiger partial charge in [0.25, 0.3) is 0 Å². The molecule has 0 radical (unpaired) electrons. The lowest BCUT2D eigenvalue weighted by Gasteiger charge is -2.30. The lowest BCUT2D eigenvalue weighted by Crippen LogP contribution is -2.49. The van der Waals surface area contributed by atoms with Gasteiger partial charge in [-0.3, -0.25) is 14.8 Å². The van der Waals surface area contributed by atoms with Crippen molar-refractivity contribution in [3.63, 3.8) is 0 Å². The number of nitrogens with zero attached hydrogens (tertiary/aromatic N) is 2. The van der Waals surface area contributed by atoms with E-state index in [0.717, 1.165) is 29.9 Å². The molecule has 1 aromatic rings. The largest absolute Gasteiger partial charge is 0.454 e. The SMILES string of the molecule is C=C(C)CNC(=S)N1CCCN1C(=O)Cc1ccc2c(c1)OCO2. The van der Waals surface area contributed by atoms with Crippen LogP contribution in [0, 0.1) is 0 Å². The normalized spacial score (nSPS) is 15.5. The number of hydrogen-bond acceptors (Lipinski definition) is 4. The molecule has 24 heavy (non-hydrogen) atoms. The van der Waals surface area contributed by atoms with Crippen molar-refractivity contribution in [1.29, 1.82) is 0 Å². The molecule has 2 aliphatic heterocycles. The summed E-state index contributed by atoms with van der Waals surface area (Å²) in [7, 11) is 0. The van der Waals surface area contributed by atoms with Gasteiger partial charge in [0.15, 0.2) is 16.6 Å². The van der Waals surface area contributed by atoms with Gasteiger partial charge in [-0.25, -0.2) is 0 Å². The highest BCUT2D eigenvalue weighted by atomic mass is 32.1. The standard InChI is InChI=1S/C17H21N3O3S/c1-12(2)10-18-17(24)20-7-3-6-19(20)16(21)9-13-4-5-14-15(8-13)23-11-22-14/h4-5,8H,1,3,6-7,9-11H2,2H3,(H,18,24). The van der Waals surface area contributed by atoms with Gasteiger partial charge in [0.2, 0.25) is 12.7 Å². The smallest absolute Gasteiger partial charge is 0.245 e. The van der Waals surface area contributed by atoms with Crippen LogP contribution in [0.5, 0.6) is 11.5 Å². The fourth-order valence-corrected chi connectivity index (χ4v) is 2.98. The fraction of sp³-hybridized carbons (Fsp3) is 0.412. The van der Waals surface area contributed by atoms with Gasteiger partial charge in [-0.2, -0.15) is 0 Å². The first-order chi connectivity index (χ1) is 11.5. The van der Waals surface area contributed by atoms with Crippen molar-refractivity contribution >= 4 is 23.2 Å². The average Bonchev–Trinajstić information content (AvgIpc) is 3.20. The van der Waals surface area contributed by atoms with E-state index in [2.05, 4.69) is 11.9 Å². The molecule has 0 spiro atoms. The van der Waals surface area contributed by atoms with Crippen LogP contribution in [0.2, 0.25) is 0 Å². The summed E-state index contributed by atoms with van der Waals surface area (Å²) in [6, 6.07) is 5.59. The van der Waals surface area contributed by atoms with Crippen LogP contribution in [0.25, 0.3) is 0 Å². The summed E-state index contributed by atoms with van der Waals surface area (Å²) in [5.74, 6) is 1.43. The number of rotatable bonds is 4. The zero-order chi connectivity index (χ0) is 17.1. The van der Waals surface area contributed by atoms with Crippen LogP contribution in [0.15, 0.2) is 30.4 Å². The molecule has 0 atom stereocenters. The number of carbonyl (C=O) groups is 1. The third-order valence-electron chi connectivity index (χ3n) is 3.89. The Morgan fingerprint density at radius 2 is 2.04 bits per heavy atom. The second-order valence-corrected chi connectivity index (χ2v) is 6.36. The minimum atomic E-state index is 0.0193. The highest BCUT2D eigenvalue weighted by Crippen LogP contribution is 2.32. The molecule has 128 valence electrons. The number of hydrogen-bond donors (Lipinski definition) is 1. The van der Waals surface area contributed by atoms with Crippen molar-refractivity contribution in [1.82, 2.24) is 15.3 Å². The van der Waals surface area contributed by atoms with Gasteiger partial charge in [0, 0.05) is 19.6 Å². The fourth-order valence-electron chi connectivity index (χ4n) is 2.72. The summed E-state index contributed by atoms with van der Waals surface area (Å²) in [6.45, 7) is 8.05. The summed E-state index contributed by atoms with van der Waals surface area (Å²) in [5.41, 5.74) is 1.90. The first-order valence-electron chi connectivity index (χ1n) is 7.93. The van der Waals surface area contributed by atoms with E-state index >= 15 is 0 Å². The Morgan fingerprint density at radius 1 is 1.29 bits per heavy atom. The maximum Gasteiger partial charge on any atom is 0.245 e. The molecule has 2 heterocycles. The summed E-state index contributed by atoms with van der Waals surface area (Å²) in [6.07, 6.45) is 1.21. The van der Waals surface area contributed by atoms with E-state index in [9.17, 15) is 4.79 Å². The maximum absolute atomic E-state index is 12.7. The van der Waals surface area contributed by atoms with Crippen molar-refractivity contribution in [2.75, 3.05) is 26.4 Å². The molecule has 7 heteroatoms. The third-order valence-corrected chi connectivity index (χ3v) is 4.24. The van der Waals surface area contributed by atoms with Crippen LogP contribution in [-0.4, -0.2) is 47.5 Å². The number of ether oxygens (including phenoxy) is 2. The summed E-state index contributed by atoms with van der Waals surface area (Å²) >= 11 is 5.40. The van der Waals surface area contributed by atoms with Gasteiger partial charge in [-0.05, 0) is 43.3 Å². The topological polar surface area (TPSA) is 54.0 Å². The third kappa shape index (κ3) is 3.62. The molecular weight excluding hydrogens is 326 g/mol. The van der Waals surface area contributed by atoms with Gasteiger partial charge in [0.05, 0.1) is 6.42 Å². The number of hydrazine groups is 1. The number of nitrogens with one attached hydrogen (secondary N) is 1. The Bertz CT molecular complexity index is 677. The molecule has 1 N–H and O–H groups in total.